The van der Waals surface area contributed by atoms with E-state index >= 15 is 0 Å². The molecule has 214 valence electrons. The number of pyridine rings is 1. The van der Waals surface area contributed by atoms with Crippen LogP contribution in [0.4, 0.5) is 0 Å². The third-order valence-electron chi connectivity index (χ3n) is 8.11. The highest BCUT2D eigenvalue weighted by atomic mass is 16.5. The summed E-state index contributed by atoms with van der Waals surface area (Å²) in [5.74, 6) is 2.73. The number of carbonyl (C=O) groups is 1. The summed E-state index contributed by atoms with van der Waals surface area (Å²) in [5, 5.41) is 7.21. The van der Waals surface area contributed by atoms with Crippen molar-refractivity contribution in [2.45, 2.75) is 44.7 Å². The fourth-order valence-electron chi connectivity index (χ4n) is 5.95. The van der Waals surface area contributed by atoms with E-state index in [4.69, 9.17) is 19.6 Å². The van der Waals surface area contributed by atoms with Crippen molar-refractivity contribution in [3.63, 3.8) is 0 Å². The van der Waals surface area contributed by atoms with Gasteiger partial charge in [0.1, 0.15) is 0 Å². The van der Waals surface area contributed by atoms with E-state index < -0.39 is 0 Å². The van der Waals surface area contributed by atoms with E-state index in [1.165, 1.54) is 0 Å². The van der Waals surface area contributed by atoms with Crippen LogP contribution in [-0.4, -0.2) is 57.4 Å². The number of methoxy groups -OCH3 is 2. The second kappa shape index (κ2) is 12.4. The molecule has 0 spiro atoms. The van der Waals surface area contributed by atoms with Crippen LogP contribution >= 0.6 is 0 Å². The zero-order valence-electron chi connectivity index (χ0n) is 24.1. The van der Waals surface area contributed by atoms with Gasteiger partial charge in [-0.3, -0.25) is 9.78 Å². The Balaban J connectivity index is 1.30. The summed E-state index contributed by atoms with van der Waals surface area (Å²) >= 11 is 0. The minimum Gasteiger partial charge on any atom is -0.493 e. The molecule has 0 aliphatic heterocycles. The van der Waals surface area contributed by atoms with Gasteiger partial charge in [-0.2, -0.15) is 5.10 Å². The topological polar surface area (TPSA) is 82.4 Å². The van der Waals surface area contributed by atoms with E-state index in [0.717, 1.165) is 59.0 Å². The van der Waals surface area contributed by atoms with Crippen LogP contribution in [0.2, 0.25) is 0 Å². The Morgan fingerprint density at radius 1 is 0.905 bits per heavy atom. The van der Waals surface area contributed by atoms with E-state index in [0.29, 0.717) is 36.8 Å². The summed E-state index contributed by atoms with van der Waals surface area (Å²) in [4.78, 5) is 25.1. The van der Waals surface area contributed by atoms with E-state index in [2.05, 4.69) is 34.1 Å². The highest BCUT2D eigenvalue weighted by Gasteiger charge is 2.27. The largest absolute Gasteiger partial charge is 0.493 e. The predicted octanol–water partition coefficient (Wildman–Crippen LogP) is 6.19. The zero-order valence-corrected chi connectivity index (χ0v) is 24.1. The van der Waals surface area contributed by atoms with Gasteiger partial charge >= 0.3 is 0 Å². The molecular formula is C34H35N5O3. The number of rotatable bonds is 10. The molecule has 8 heteroatoms. The van der Waals surface area contributed by atoms with Crippen LogP contribution in [0.5, 0.6) is 11.5 Å². The van der Waals surface area contributed by atoms with Crippen LogP contribution in [0.1, 0.15) is 31.2 Å². The number of hydrogen-bond acceptors (Lipinski definition) is 6. The highest BCUT2D eigenvalue weighted by molar-refractivity contribution is 5.90. The Kier molecular flexibility index (Phi) is 8.12. The highest BCUT2D eigenvalue weighted by Crippen LogP contribution is 2.32. The SMILES string of the molecule is COc1ccc(-c2nc(-c3ccncc3)n(CCN(C(=O)Cc3cccc4ccccc34)C3CCCC3)n2)cc1OC. The van der Waals surface area contributed by atoms with Crippen molar-refractivity contribution in [1.82, 2.24) is 24.6 Å². The Morgan fingerprint density at radius 2 is 1.67 bits per heavy atom. The number of hydrogen-bond donors (Lipinski definition) is 0. The molecule has 1 saturated carbocycles. The van der Waals surface area contributed by atoms with Crippen LogP contribution in [0.25, 0.3) is 33.5 Å². The number of amides is 1. The first kappa shape index (κ1) is 27.4. The van der Waals surface area contributed by atoms with Gasteiger partial charge in [-0.05, 0) is 59.5 Å². The van der Waals surface area contributed by atoms with Gasteiger partial charge < -0.3 is 14.4 Å². The summed E-state index contributed by atoms with van der Waals surface area (Å²) in [6.07, 6.45) is 8.25. The molecule has 2 heterocycles. The van der Waals surface area contributed by atoms with Crippen LogP contribution in [0.15, 0.2) is 85.2 Å². The van der Waals surface area contributed by atoms with Crippen molar-refractivity contribution in [1.29, 1.82) is 0 Å². The molecule has 1 aliphatic carbocycles. The molecule has 0 radical (unpaired) electrons. The molecular weight excluding hydrogens is 526 g/mol. The van der Waals surface area contributed by atoms with Gasteiger partial charge in [0, 0.05) is 36.1 Å². The second-order valence-electron chi connectivity index (χ2n) is 10.6. The van der Waals surface area contributed by atoms with Gasteiger partial charge in [-0.25, -0.2) is 9.67 Å². The van der Waals surface area contributed by atoms with Gasteiger partial charge in [0.15, 0.2) is 23.1 Å². The number of carbonyl (C=O) groups excluding carboxylic acids is 1. The Bertz CT molecular complexity index is 1670. The first-order valence-corrected chi connectivity index (χ1v) is 14.5. The minimum absolute atomic E-state index is 0.156. The zero-order chi connectivity index (χ0) is 28.9. The molecule has 1 aliphatic rings. The molecule has 0 atom stereocenters. The van der Waals surface area contributed by atoms with E-state index in [9.17, 15) is 4.79 Å². The number of aromatic nitrogens is 4. The maximum Gasteiger partial charge on any atom is 0.227 e. The van der Waals surface area contributed by atoms with Crippen molar-refractivity contribution < 1.29 is 14.3 Å². The third kappa shape index (κ3) is 5.70. The van der Waals surface area contributed by atoms with Crippen molar-refractivity contribution >= 4 is 16.7 Å². The maximum absolute atomic E-state index is 13.9. The average Bonchev–Trinajstić information content (AvgIpc) is 3.72. The van der Waals surface area contributed by atoms with Crippen LogP contribution in [0.3, 0.4) is 0 Å². The minimum atomic E-state index is 0.156. The molecule has 1 fully saturated rings. The number of benzene rings is 3. The fourth-order valence-corrected chi connectivity index (χ4v) is 5.95. The van der Waals surface area contributed by atoms with Gasteiger partial charge in [0.05, 0.1) is 27.2 Å². The van der Waals surface area contributed by atoms with Crippen molar-refractivity contribution in [3.8, 4) is 34.3 Å². The van der Waals surface area contributed by atoms with Gasteiger partial charge in [-0.1, -0.05) is 55.3 Å². The average molecular weight is 562 g/mol. The summed E-state index contributed by atoms with van der Waals surface area (Å²) in [5.41, 5.74) is 2.80. The van der Waals surface area contributed by atoms with Crippen molar-refractivity contribution in [2.75, 3.05) is 20.8 Å². The third-order valence-corrected chi connectivity index (χ3v) is 8.11. The smallest absolute Gasteiger partial charge is 0.227 e. The molecule has 8 nitrogen and oxygen atoms in total. The molecule has 2 aromatic heterocycles. The molecule has 0 bridgehead atoms. The lowest BCUT2D eigenvalue weighted by Crippen LogP contribution is -2.42. The summed E-state index contributed by atoms with van der Waals surface area (Å²) in [7, 11) is 3.23. The normalized spacial score (nSPS) is 13.4. The van der Waals surface area contributed by atoms with E-state index in [1.807, 2.05) is 53.2 Å². The molecule has 0 unspecified atom stereocenters. The lowest BCUT2D eigenvalue weighted by molar-refractivity contribution is -0.132. The standard InChI is InChI=1S/C34H35N5O3/c1-41-30-15-14-27(22-31(30)42-2)33-36-34(25-16-18-35-19-17-25)39(37-33)21-20-38(28-11-4-5-12-28)32(40)23-26-10-7-9-24-8-3-6-13-29(24)26/h3,6-10,13-19,22,28H,4-5,11-12,20-21,23H2,1-2H3. The fraction of sp³-hybridized carbons (Fsp3) is 0.294. The number of nitrogens with zero attached hydrogens (tertiary/aromatic N) is 5. The molecule has 1 amide bonds. The Morgan fingerprint density at radius 3 is 2.45 bits per heavy atom. The van der Waals surface area contributed by atoms with Crippen LogP contribution in [-0.2, 0) is 17.8 Å². The van der Waals surface area contributed by atoms with E-state index in [-0.39, 0.29) is 11.9 Å². The van der Waals surface area contributed by atoms with Gasteiger partial charge in [-0.15, -0.1) is 0 Å². The summed E-state index contributed by atoms with van der Waals surface area (Å²) in [6, 6.07) is 24.2. The molecule has 0 saturated heterocycles. The number of fused-ring (bicyclic) bond motifs is 1. The van der Waals surface area contributed by atoms with Crippen molar-refractivity contribution in [2.24, 2.45) is 0 Å². The maximum atomic E-state index is 13.9. The van der Waals surface area contributed by atoms with Crippen LogP contribution < -0.4 is 9.47 Å². The molecule has 3 aromatic carbocycles. The van der Waals surface area contributed by atoms with Crippen molar-refractivity contribution in [3.05, 3.63) is 90.8 Å². The lowest BCUT2D eigenvalue weighted by atomic mass is 10.0. The van der Waals surface area contributed by atoms with Gasteiger partial charge in [0.25, 0.3) is 0 Å². The van der Waals surface area contributed by atoms with E-state index in [1.54, 1.807) is 26.6 Å². The first-order valence-electron chi connectivity index (χ1n) is 14.5. The molecule has 6 rings (SSSR count). The first-order chi connectivity index (χ1) is 20.6. The predicted molar refractivity (Wildman–Crippen MR) is 163 cm³/mol. The molecule has 42 heavy (non-hydrogen) atoms. The Hall–Kier alpha value is -4.72. The van der Waals surface area contributed by atoms with Crippen LogP contribution in [0, 0.1) is 0 Å². The lowest BCUT2D eigenvalue weighted by Gasteiger charge is -2.29. The summed E-state index contributed by atoms with van der Waals surface area (Å²) in [6.45, 7) is 1.08. The van der Waals surface area contributed by atoms with Gasteiger partial charge in [0.2, 0.25) is 5.91 Å². The Labute approximate surface area is 245 Å². The molecule has 0 N–H and O–H groups in total. The monoisotopic (exact) mass is 561 g/mol. The quantitative estimate of drug-likeness (QED) is 0.202. The summed E-state index contributed by atoms with van der Waals surface area (Å²) < 4.78 is 12.8. The number of ether oxygens (including phenoxy) is 2. The second-order valence-corrected chi connectivity index (χ2v) is 10.6. The molecule has 5 aromatic rings.